The van der Waals surface area contributed by atoms with Gasteiger partial charge < -0.3 is 0 Å². The number of nitrogens with zero attached hydrogens (tertiary/aromatic N) is 2. The van der Waals surface area contributed by atoms with E-state index in [2.05, 4.69) is 45.9 Å². The van der Waals surface area contributed by atoms with Crippen LogP contribution in [0.4, 0.5) is 0 Å². The van der Waals surface area contributed by atoms with Crippen LogP contribution in [0.15, 0.2) is 29.9 Å². The molecule has 1 aliphatic rings. The molecule has 17 heavy (non-hydrogen) atoms. The van der Waals surface area contributed by atoms with E-state index in [1.807, 2.05) is 12.3 Å². The number of nitrogens with one attached hydrogen (secondary N) is 1. The van der Waals surface area contributed by atoms with E-state index >= 15 is 0 Å². The lowest BCUT2D eigenvalue weighted by atomic mass is 10.2. The van der Waals surface area contributed by atoms with E-state index in [4.69, 9.17) is 0 Å². The highest BCUT2D eigenvalue weighted by Gasteiger charge is 2.22. The summed E-state index contributed by atoms with van der Waals surface area (Å²) in [5.41, 5.74) is 2.28. The molecule has 92 valence electrons. The Labute approximate surface area is 112 Å². The quantitative estimate of drug-likeness (QED) is 0.632. The SMILES string of the molecule is CCCCC(S)N1NSC=C1c1cccnc1. The minimum Gasteiger partial charge on any atom is -0.284 e. The van der Waals surface area contributed by atoms with E-state index in [9.17, 15) is 0 Å². The second kappa shape index (κ2) is 6.33. The van der Waals surface area contributed by atoms with Crippen molar-refractivity contribution >= 4 is 30.3 Å². The Morgan fingerprint density at radius 2 is 2.47 bits per heavy atom. The van der Waals surface area contributed by atoms with Gasteiger partial charge in [-0.15, -0.1) is 0 Å². The topological polar surface area (TPSA) is 28.2 Å². The molecule has 3 nitrogen and oxygen atoms in total. The summed E-state index contributed by atoms with van der Waals surface area (Å²) in [6.07, 6.45) is 7.14. The minimum atomic E-state index is 0.205. The number of hydrogen-bond donors (Lipinski definition) is 2. The molecule has 5 heteroatoms. The van der Waals surface area contributed by atoms with Crippen LogP contribution >= 0.6 is 24.6 Å². The van der Waals surface area contributed by atoms with E-state index in [1.165, 1.54) is 12.8 Å². The Hall–Kier alpha value is -0.650. The number of pyridine rings is 1. The molecular formula is C12H17N3S2. The van der Waals surface area contributed by atoms with Crippen molar-refractivity contribution in [3.05, 3.63) is 35.5 Å². The van der Waals surface area contributed by atoms with Gasteiger partial charge in [0.25, 0.3) is 0 Å². The lowest BCUT2D eigenvalue weighted by Gasteiger charge is -2.27. The summed E-state index contributed by atoms with van der Waals surface area (Å²) in [5.74, 6) is 0. The Morgan fingerprint density at radius 3 is 3.18 bits per heavy atom. The fourth-order valence-corrected chi connectivity index (χ4v) is 2.90. The zero-order valence-electron chi connectivity index (χ0n) is 9.84. The van der Waals surface area contributed by atoms with Crippen LogP contribution in [0.3, 0.4) is 0 Å². The van der Waals surface area contributed by atoms with Crippen LogP contribution in [0.5, 0.6) is 0 Å². The van der Waals surface area contributed by atoms with Gasteiger partial charge in [-0.25, -0.2) is 0 Å². The highest BCUT2D eigenvalue weighted by Crippen LogP contribution is 2.30. The fraction of sp³-hybridized carbons (Fsp3) is 0.417. The fourth-order valence-electron chi connectivity index (χ4n) is 1.70. The predicted octanol–water partition coefficient (Wildman–Crippen LogP) is 3.29. The predicted molar refractivity (Wildman–Crippen MR) is 77.1 cm³/mol. The number of hydrogen-bond acceptors (Lipinski definition) is 5. The Kier molecular flexibility index (Phi) is 4.76. The van der Waals surface area contributed by atoms with Crippen LogP contribution in [0.2, 0.25) is 0 Å². The number of rotatable bonds is 5. The van der Waals surface area contributed by atoms with Gasteiger partial charge in [0.2, 0.25) is 0 Å². The molecule has 0 bridgehead atoms. The molecule has 0 amide bonds. The first kappa shape index (κ1) is 12.8. The number of unbranched alkanes of at least 4 members (excludes halogenated alkanes) is 1. The molecule has 0 fully saturated rings. The van der Waals surface area contributed by atoms with Gasteiger partial charge in [0, 0.05) is 23.4 Å². The van der Waals surface area contributed by atoms with Crippen molar-refractivity contribution < 1.29 is 0 Å². The molecule has 0 radical (unpaired) electrons. The molecule has 0 aromatic carbocycles. The summed E-state index contributed by atoms with van der Waals surface area (Å²) < 4.78 is 0. The first-order chi connectivity index (χ1) is 8.33. The summed E-state index contributed by atoms with van der Waals surface area (Å²) in [6.45, 7) is 2.20. The van der Waals surface area contributed by atoms with Gasteiger partial charge in [-0.05, 0) is 30.5 Å². The summed E-state index contributed by atoms with van der Waals surface area (Å²) in [6, 6.07) is 4.02. The summed E-state index contributed by atoms with van der Waals surface area (Å²) in [7, 11) is 0. The van der Waals surface area contributed by atoms with Crippen LogP contribution in [0.25, 0.3) is 5.70 Å². The smallest absolute Gasteiger partial charge is 0.0888 e. The summed E-state index contributed by atoms with van der Waals surface area (Å²) in [5, 5.41) is 4.42. The van der Waals surface area contributed by atoms with Gasteiger partial charge in [-0.3, -0.25) is 9.99 Å². The number of hydrazine groups is 1. The van der Waals surface area contributed by atoms with Crippen LogP contribution in [0, 0.1) is 0 Å². The van der Waals surface area contributed by atoms with Gasteiger partial charge in [0.15, 0.2) is 0 Å². The average molecular weight is 267 g/mol. The standard InChI is InChI=1S/C12H17N3S2/c1-2-3-6-12(16)15-11(9-17-14-15)10-5-4-7-13-8-10/h4-5,7-9,12,14,16H,2-3,6H2,1H3. The normalized spacial score (nSPS) is 17.1. The lowest BCUT2D eigenvalue weighted by molar-refractivity contribution is 0.341. The molecule has 1 unspecified atom stereocenters. The van der Waals surface area contributed by atoms with E-state index in [1.54, 1.807) is 18.1 Å². The van der Waals surface area contributed by atoms with E-state index in [0.717, 1.165) is 17.7 Å². The van der Waals surface area contributed by atoms with Crippen molar-refractivity contribution in [2.24, 2.45) is 0 Å². The third-order valence-electron chi connectivity index (χ3n) is 2.65. The van der Waals surface area contributed by atoms with Crippen LogP contribution in [-0.2, 0) is 0 Å². The molecule has 1 aromatic heterocycles. The van der Waals surface area contributed by atoms with Gasteiger partial charge in [0.1, 0.15) is 0 Å². The van der Waals surface area contributed by atoms with Gasteiger partial charge >= 0.3 is 0 Å². The third kappa shape index (κ3) is 3.18. The zero-order valence-corrected chi connectivity index (χ0v) is 11.5. The molecule has 0 saturated heterocycles. The summed E-state index contributed by atoms with van der Waals surface area (Å²) >= 11 is 6.24. The number of aromatic nitrogens is 1. The van der Waals surface area contributed by atoms with Crippen molar-refractivity contribution in [3.63, 3.8) is 0 Å². The summed E-state index contributed by atoms with van der Waals surface area (Å²) in [4.78, 5) is 7.42. The largest absolute Gasteiger partial charge is 0.284 e. The maximum absolute atomic E-state index is 4.66. The molecule has 2 heterocycles. The highest BCUT2D eigenvalue weighted by molar-refractivity contribution is 8.00. The highest BCUT2D eigenvalue weighted by atomic mass is 32.2. The minimum absolute atomic E-state index is 0.205. The van der Waals surface area contributed by atoms with Gasteiger partial charge in [-0.1, -0.05) is 19.8 Å². The lowest BCUT2D eigenvalue weighted by Crippen LogP contribution is -2.34. The van der Waals surface area contributed by atoms with Crippen LogP contribution in [-0.4, -0.2) is 15.4 Å². The molecule has 0 spiro atoms. The monoisotopic (exact) mass is 267 g/mol. The van der Waals surface area contributed by atoms with Gasteiger partial charge in [-0.2, -0.15) is 17.5 Å². The van der Waals surface area contributed by atoms with Crippen molar-refractivity contribution in [1.29, 1.82) is 0 Å². The van der Waals surface area contributed by atoms with Crippen molar-refractivity contribution in [3.8, 4) is 0 Å². The molecule has 1 aromatic rings. The van der Waals surface area contributed by atoms with Crippen LogP contribution < -0.4 is 4.83 Å². The molecule has 1 aliphatic heterocycles. The van der Waals surface area contributed by atoms with Crippen molar-refractivity contribution in [1.82, 2.24) is 14.8 Å². The maximum Gasteiger partial charge on any atom is 0.0888 e. The second-order valence-electron chi connectivity index (χ2n) is 3.95. The van der Waals surface area contributed by atoms with E-state index in [-0.39, 0.29) is 5.37 Å². The second-order valence-corrected chi connectivity index (χ2v) is 5.20. The third-order valence-corrected chi connectivity index (χ3v) is 3.78. The molecule has 0 aliphatic carbocycles. The Morgan fingerprint density at radius 1 is 1.59 bits per heavy atom. The molecule has 0 saturated carbocycles. The van der Waals surface area contributed by atoms with Gasteiger partial charge in [0.05, 0.1) is 11.1 Å². The van der Waals surface area contributed by atoms with E-state index < -0.39 is 0 Å². The zero-order chi connectivity index (χ0) is 12.1. The molecule has 1 N–H and O–H groups in total. The first-order valence-electron chi connectivity index (χ1n) is 5.82. The maximum atomic E-state index is 4.66. The first-order valence-corrected chi connectivity index (χ1v) is 7.21. The molecular weight excluding hydrogens is 250 g/mol. The number of thiol groups is 1. The van der Waals surface area contributed by atoms with Crippen LogP contribution in [0.1, 0.15) is 31.7 Å². The van der Waals surface area contributed by atoms with E-state index in [0.29, 0.717) is 0 Å². The molecule has 2 rings (SSSR count). The Balaban J connectivity index is 2.07. The van der Waals surface area contributed by atoms with Crippen molar-refractivity contribution in [2.45, 2.75) is 31.6 Å². The Bertz CT molecular complexity index is 381. The average Bonchev–Trinajstić information content (AvgIpc) is 2.86. The molecule has 1 atom stereocenters. The van der Waals surface area contributed by atoms with Crippen molar-refractivity contribution in [2.75, 3.05) is 0 Å².